The van der Waals surface area contributed by atoms with Crippen molar-refractivity contribution >= 4 is 17.5 Å². The van der Waals surface area contributed by atoms with E-state index in [0.717, 1.165) is 16.8 Å². The molecule has 4 rings (SSSR count). The predicted molar refractivity (Wildman–Crippen MR) is 124 cm³/mol. The summed E-state index contributed by atoms with van der Waals surface area (Å²) >= 11 is 5.93. The van der Waals surface area contributed by atoms with Crippen molar-refractivity contribution in [3.05, 3.63) is 88.0 Å². The van der Waals surface area contributed by atoms with Gasteiger partial charge in [0, 0.05) is 16.1 Å². The van der Waals surface area contributed by atoms with Gasteiger partial charge in [0.15, 0.2) is 11.5 Å². The van der Waals surface area contributed by atoms with Crippen LogP contribution >= 0.6 is 11.6 Å². The molecule has 0 atom stereocenters. The van der Waals surface area contributed by atoms with E-state index in [-0.39, 0.29) is 19.1 Å². The van der Waals surface area contributed by atoms with Crippen molar-refractivity contribution in [1.29, 1.82) is 0 Å². The monoisotopic (exact) mass is 466 g/mol. The molecule has 0 bridgehead atoms. The fourth-order valence-corrected chi connectivity index (χ4v) is 3.42. The molecule has 33 heavy (non-hydrogen) atoms. The van der Waals surface area contributed by atoms with Gasteiger partial charge in [0.2, 0.25) is 0 Å². The minimum Gasteiger partial charge on any atom is -0.493 e. The van der Waals surface area contributed by atoms with Crippen LogP contribution in [-0.2, 0) is 13.2 Å². The van der Waals surface area contributed by atoms with Gasteiger partial charge in [-0.15, -0.1) is 0 Å². The quantitative estimate of drug-likeness (QED) is 0.357. The molecular weight excluding hydrogens is 444 g/mol. The number of furan rings is 1. The summed E-state index contributed by atoms with van der Waals surface area (Å²) in [7, 11) is 1.53. The maximum atomic E-state index is 12.7. The SMILES string of the molecule is COc1cc(C(=O)NCc2ccc(-c3ccc(Cl)cc3)o2)ccc1OCc1c(C)noc1C. The van der Waals surface area contributed by atoms with Crippen molar-refractivity contribution in [3.8, 4) is 22.8 Å². The number of aromatic nitrogens is 1. The molecule has 0 aliphatic heterocycles. The van der Waals surface area contributed by atoms with Crippen LogP contribution in [0.5, 0.6) is 11.5 Å². The highest BCUT2D eigenvalue weighted by molar-refractivity contribution is 6.30. The number of benzene rings is 2. The van der Waals surface area contributed by atoms with Crippen LogP contribution in [0.4, 0.5) is 0 Å². The molecule has 0 spiro atoms. The number of halogens is 1. The van der Waals surface area contributed by atoms with Gasteiger partial charge < -0.3 is 23.7 Å². The van der Waals surface area contributed by atoms with Gasteiger partial charge in [-0.2, -0.15) is 0 Å². The molecule has 0 saturated heterocycles. The highest BCUT2D eigenvalue weighted by atomic mass is 35.5. The Hall–Kier alpha value is -3.71. The molecule has 0 aliphatic carbocycles. The number of carbonyl (C=O) groups is 1. The van der Waals surface area contributed by atoms with Crippen LogP contribution in [0, 0.1) is 13.8 Å². The van der Waals surface area contributed by atoms with Crippen molar-refractivity contribution in [1.82, 2.24) is 10.5 Å². The summed E-state index contributed by atoms with van der Waals surface area (Å²) in [5, 5.41) is 7.44. The molecule has 0 unspecified atom stereocenters. The third-order valence-corrected chi connectivity index (χ3v) is 5.44. The average molecular weight is 467 g/mol. The molecule has 0 aliphatic rings. The fourth-order valence-electron chi connectivity index (χ4n) is 3.30. The van der Waals surface area contributed by atoms with Gasteiger partial charge in [-0.25, -0.2) is 0 Å². The molecule has 2 heterocycles. The lowest BCUT2D eigenvalue weighted by atomic mass is 10.2. The molecule has 2 aromatic carbocycles. The summed E-state index contributed by atoms with van der Waals surface area (Å²) in [5.41, 5.74) is 3.02. The highest BCUT2D eigenvalue weighted by Crippen LogP contribution is 2.30. The van der Waals surface area contributed by atoms with Crippen molar-refractivity contribution in [2.24, 2.45) is 0 Å². The second kappa shape index (κ2) is 9.83. The molecular formula is C25H23ClN2O5. The number of methoxy groups -OCH3 is 1. The van der Waals surface area contributed by atoms with Gasteiger partial charge in [-0.3, -0.25) is 4.79 Å². The summed E-state index contributed by atoms with van der Waals surface area (Å²) in [5.74, 6) is 2.77. The zero-order valence-corrected chi connectivity index (χ0v) is 19.2. The maximum absolute atomic E-state index is 12.7. The Morgan fingerprint density at radius 3 is 2.55 bits per heavy atom. The molecule has 2 aromatic heterocycles. The summed E-state index contributed by atoms with van der Waals surface area (Å²) in [6.07, 6.45) is 0. The second-order valence-corrected chi connectivity index (χ2v) is 7.85. The fraction of sp³-hybridized carbons (Fsp3) is 0.200. The number of carbonyl (C=O) groups excluding carboxylic acids is 1. The van der Waals surface area contributed by atoms with Gasteiger partial charge in [-0.1, -0.05) is 16.8 Å². The lowest BCUT2D eigenvalue weighted by molar-refractivity contribution is 0.0947. The van der Waals surface area contributed by atoms with E-state index in [2.05, 4.69) is 10.5 Å². The topological polar surface area (TPSA) is 86.7 Å². The summed E-state index contributed by atoms with van der Waals surface area (Å²) in [6, 6.07) is 16.1. The van der Waals surface area contributed by atoms with E-state index in [4.69, 9.17) is 30.0 Å². The van der Waals surface area contributed by atoms with Gasteiger partial charge in [0.25, 0.3) is 5.91 Å². The highest BCUT2D eigenvalue weighted by Gasteiger charge is 2.15. The van der Waals surface area contributed by atoms with E-state index in [1.807, 2.05) is 38.1 Å². The molecule has 1 N–H and O–H groups in total. The van der Waals surface area contributed by atoms with Crippen molar-refractivity contribution in [2.45, 2.75) is 27.0 Å². The molecule has 0 fully saturated rings. The van der Waals surface area contributed by atoms with Crippen molar-refractivity contribution in [3.63, 3.8) is 0 Å². The summed E-state index contributed by atoms with van der Waals surface area (Å²) < 4.78 is 22.3. The molecule has 7 nitrogen and oxygen atoms in total. The second-order valence-electron chi connectivity index (χ2n) is 7.41. The van der Waals surface area contributed by atoms with Crippen LogP contribution in [0.3, 0.4) is 0 Å². The number of nitrogens with zero attached hydrogens (tertiary/aromatic N) is 1. The van der Waals surface area contributed by atoms with E-state index in [1.165, 1.54) is 7.11 Å². The minimum atomic E-state index is -0.255. The number of rotatable bonds is 8. The first kappa shape index (κ1) is 22.5. The van der Waals surface area contributed by atoms with E-state index in [9.17, 15) is 4.79 Å². The number of amides is 1. The lowest BCUT2D eigenvalue weighted by Crippen LogP contribution is -2.22. The summed E-state index contributed by atoms with van der Waals surface area (Å²) in [4.78, 5) is 12.7. The molecule has 0 radical (unpaired) electrons. The number of hydrogen-bond donors (Lipinski definition) is 1. The maximum Gasteiger partial charge on any atom is 0.251 e. The zero-order valence-electron chi connectivity index (χ0n) is 18.5. The third-order valence-electron chi connectivity index (χ3n) is 5.19. The first-order chi connectivity index (χ1) is 15.9. The van der Waals surface area contributed by atoms with E-state index < -0.39 is 0 Å². The minimum absolute atomic E-state index is 0.249. The Balaban J connectivity index is 1.38. The van der Waals surface area contributed by atoms with Gasteiger partial charge in [0.1, 0.15) is 23.9 Å². The Labute approximate surface area is 196 Å². The molecule has 170 valence electrons. The predicted octanol–water partition coefficient (Wildman–Crippen LogP) is 5.72. The smallest absolute Gasteiger partial charge is 0.251 e. The van der Waals surface area contributed by atoms with Crippen LogP contribution in [0.25, 0.3) is 11.3 Å². The van der Waals surface area contributed by atoms with Crippen LogP contribution < -0.4 is 14.8 Å². The van der Waals surface area contributed by atoms with E-state index in [1.54, 1.807) is 30.3 Å². The standard InChI is InChI=1S/C25H23ClN2O5/c1-15-21(16(2)33-28-15)14-31-23-10-6-18(12-24(23)30-3)25(29)27-13-20-9-11-22(32-20)17-4-7-19(26)8-5-17/h4-12H,13-14H2,1-3H3,(H,27,29). The molecule has 8 heteroatoms. The number of aryl methyl sites for hydroxylation is 2. The lowest BCUT2D eigenvalue weighted by Gasteiger charge is -2.12. The Bertz CT molecular complexity index is 1240. The van der Waals surface area contributed by atoms with Crippen LogP contribution in [0.2, 0.25) is 5.02 Å². The van der Waals surface area contributed by atoms with E-state index in [0.29, 0.717) is 39.4 Å². The summed E-state index contributed by atoms with van der Waals surface area (Å²) in [6.45, 7) is 4.23. The molecule has 1 amide bonds. The largest absolute Gasteiger partial charge is 0.493 e. The van der Waals surface area contributed by atoms with Crippen molar-refractivity contribution < 1.29 is 23.2 Å². The number of nitrogens with one attached hydrogen (secondary N) is 1. The number of hydrogen-bond acceptors (Lipinski definition) is 6. The Morgan fingerprint density at radius 1 is 1.06 bits per heavy atom. The molecule has 4 aromatic rings. The van der Waals surface area contributed by atoms with Gasteiger partial charge in [0.05, 0.1) is 24.9 Å². The van der Waals surface area contributed by atoms with Crippen LogP contribution in [0.1, 0.15) is 33.1 Å². The van der Waals surface area contributed by atoms with Crippen LogP contribution in [0.15, 0.2) is 63.5 Å². The normalized spacial score (nSPS) is 10.8. The third kappa shape index (κ3) is 5.21. The molecule has 0 saturated carbocycles. The Morgan fingerprint density at radius 2 is 1.85 bits per heavy atom. The first-order valence-corrected chi connectivity index (χ1v) is 10.7. The van der Waals surface area contributed by atoms with Crippen LogP contribution in [-0.4, -0.2) is 18.2 Å². The average Bonchev–Trinajstić information content (AvgIpc) is 3.43. The van der Waals surface area contributed by atoms with Gasteiger partial charge in [-0.05, 0) is 68.4 Å². The zero-order chi connectivity index (χ0) is 23.4. The van der Waals surface area contributed by atoms with Gasteiger partial charge >= 0.3 is 0 Å². The van der Waals surface area contributed by atoms with Crippen molar-refractivity contribution in [2.75, 3.05) is 7.11 Å². The Kier molecular flexibility index (Phi) is 6.70. The number of ether oxygens (including phenoxy) is 2. The van der Waals surface area contributed by atoms with E-state index >= 15 is 0 Å². The first-order valence-electron chi connectivity index (χ1n) is 10.3.